The zero-order valence-electron chi connectivity index (χ0n) is 19.6. The molecule has 0 radical (unpaired) electrons. The van der Waals surface area contributed by atoms with E-state index in [2.05, 4.69) is 26.9 Å². The molecule has 1 unspecified atom stereocenters. The second-order valence-electron chi connectivity index (χ2n) is 8.88. The summed E-state index contributed by atoms with van der Waals surface area (Å²) in [6, 6.07) is 12.8. The minimum atomic E-state index is -0.345. The summed E-state index contributed by atoms with van der Waals surface area (Å²) in [5.41, 5.74) is 4.07. The summed E-state index contributed by atoms with van der Waals surface area (Å²) in [6.07, 6.45) is 0.354. The first-order chi connectivity index (χ1) is 16.2. The normalized spacial score (nSPS) is 15.6. The number of amides is 3. The van der Waals surface area contributed by atoms with Crippen LogP contribution in [-0.4, -0.2) is 34.5 Å². The van der Waals surface area contributed by atoms with E-state index in [4.69, 9.17) is 0 Å². The minimum Gasteiger partial charge on any atom is -0.326 e. The van der Waals surface area contributed by atoms with Gasteiger partial charge in [0.15, 0.2) is 0 Å². The predicted molar refractivity (Wildman–Crippen MR) is 133 cm³/mol. The Morgan fingerprint density at radius 3 is 2.50 bits per heavy atom. The summed E-state index contributed by atoms with van der Waals surface area (Å²) in [5.74, 6) is -0.650. The van der Waals surface area contributed by atoms with Crippen molar-refractivity contribution in [3.8, 4) is 0 Å². The van der Waals surface area contributed by atoms with Crippen molar-refractivity contribution in [2.75, 3.05) is 22.1 Å². The summed E-state index contributed by atoms with van der Waals surface area (Å²) in [6.45, 7) is 8.17. The van der Waals surface area contributed by atoms with Gasteiger partial charge in [0.25, 0.3) is 5.91 Å². The molecule has 3 amide bonds. The molecular weight excluding hydrogens is 450 g/mol. The average Bonchev–Trinajstić information content (AvgIpc) is 3.39. The maximum Gasteiger partial charge on any atom is 0.257 e. The van der Waals surface area contributed by atoms with Gasteiger partial charge < -0.3 is 10.2 Å². The monoisotopic (exact) mass is 477 g/mol. The first-order valence-corrected chi connectivity index (χ1v) is 12.0. The predicted octanol–water partition coefficient (Wildman–Crippen LogP) is 4.52. The van der Waals surface area contributed by atoms with Gasteiger partial charge in [0, 0.05) is 41.7 Å². The quantitative estimate of drug-likeness (QED) is 0.543. The summed E-state index contributed by atoms with van der Waals surface area (Å²) in [5, 5.41) is 15.0. The number of aryl methyl sites for hydroxylation is 2. The number of hydrogen-bond donors (Lipinski definition) is 2. The molecule has 2 N–H and O–H groups in total. The third-order valence-corrected chi connectivity index (χ3v) is 6.57. The number of anilines is 3. The summed E-state index contributed by atoms with van der Waals surface area (Å²) < 4.78 is 0. The van der Waals surface area contributed by atoms with Crippen molar-refractivity contribution in [3.63, 3.8) is 0 Å². The third kappa shape index (κ3) is 5.31. The first kappa shape index (κ1) is 23.6. The minimum absolute atomic E-state index is 0.0519. The Kier molecular flexibility index (Phi) is 6.74. The van der Waals surface area contributed by atoms with Crippen LogP contribution in [0, 0.1) is 19.8 Å². The second-order valence-corrected chi connectivity index (χ2v) is 9.88. The SMILES string of the molecule is Cc1cc(C)cc(N2CC(c3nnc(NC(=O)c4cccc(NC(=O)C(C)C)c4)s3)CC2=O)c1. The van der Waals surface area contributed by atoms with Crippen LogP contribution in [0.15, 0.2) is 42.5 Å². The molecule has 3 aromatic rings. The molecule has 9 heteroatoms. The smallest absolute Gasteiger partial charge is 0.257 e. The average molecular weight is 478 g/mol. The molecule has 4 rings (SSSR count). The molecule has 0 aliphatic carbocycles. The highest BCUT2D eigenvalue weighted by atomic mass is 32.1. The molecule has 1 atom stereocenters. The number of aromatic nitrogens is 2. The molecular formula is C25H27N5O3S. The molecule has 1 aliphatic rings. The van der Waals surface area contributed by atoms with Crippen LogP contribution in [0.2, 0.25) is 0 Å². The lowest BCUT2D eigenvalue weighted by Crippen LogP contribution is -2.24. The van der Waals surface area contributed by atoms with Crippen molar-refractivity contribution in [2.24, 2.45) is 5.92 Å². The summed E-state index contributed by atoms with van der Waals surface area (Å²) >= 11 is 1.27. The topological polar surface area (TPSA) is 104 Å². The molecule has 1 aromatic heterocycles. The highest BCUT2D eigenvalue weighted by molar-refractivity contribution is 7.15. The van der Waals surface area contributed by atoms with Gasteiger partial charge in [-0.2, -0.15) is 0 Å². The van der Waals surface area contributed by atoms with Crippen LogP contribution in [0.1, 0.15) is 52.7 Å². The Morgan fingerprint density at radius 2 is 1.79 bits per heavy atom. The second kappa shape index (κ2) is 9.72. The van der Waals surface area contributed by atoms with Crippen LogP contribution in [0.3, 0.4) is 0 Å². The van der Waals surface area contributed by atoms with E-state index in [0.717, 1.165) is 16.8 Å². The Hall–Kier alpha value is -3.59. The van der Waals surface area contributed by atoms with Crippen molar-refractivity contribution >= 4 is 45.6 Å². The standard InChI is InChI=1S/C25H27N5O3S/c1-14(2)22(32)26-19-7-5-6-17(11-19)23(33)27-25-29-28-24(34-25)18-12-21(31)30(13-18)20-9-15(3)8-16(4)10-20/h5-11,14,18H,12-13H2,1-4H3,(H,26,32)(H,27,29,33). The molecule has 2 aromatic carbocycles. The van der Waals surface area contributed by atoms with Gasteiger partial charge in [-0.25, -0.2) is 0 Å². The van der Waals surface area contributed by atoms with E-state index < -0.39 is 0 Å². The molecule has 0 spiro atoms. The fraction of sp³-hybridized carbons (Fsp3) is 0.320. The van der Waals surface area contributed by atoms with Gasteiger partial charge in [0.1, 0.15) is 5.01 Å². The van der Waals surface area contributed by atoms with Gasteiger partial charge in [-0.15, -0.1) is 10.2 Å². The molecule has 8 nitrogen and oxygen atoms in total. The summed E-state index contributed by atoms with van der Waals surface area (Å²) in [7, 11) is 0. The zero-order chi connectivity index (χ0) is 24.4. The summed E-state index contributed by atoms with van der Waals surface area (Å²) in [4.78, 5) is 39.1. The van der Waals surface area contributed by atoms with Crippen LogP contribution < -0.4 is 15.5 Å². The van der Waals surface area contributed by atoms with E-state index in [9.17, 15) is 14.4 Å². The van der Waals surface area contributed by atoms with Gasteiger partial charge in [-0.1, -0.05) is 37.3 Å². The molecule has 1 aliphatic heterocycles. The Balaban J connectivity index is 1.42. The highest BCUT2D eigenvalue weighted by Gasteiger charge is 2.34. The molecule has 1 fully saturated rings. The lowest BCUT2D eigenvalue weighted by molar-refractivity contribution is -0.119. The Labute approximate surface area is 202 Å². The van der Waals surface area contributed by atoms with Gasteiger partial charge >= 0.3 is 0 Å². The molecule has 34 heavy (non-hydrogen) atoms. The fourth-order valence-corrected chi connectivity index (χ4v) is 4.70. The van der Waals surface area contributed by atoms with Crippen LogP contribution in [0.4, 0.5) is 16.5 Å². The van der Waals surface area contributed by atoms with Gasteiger partial charge in [0.05, 0.1) is 0 Å². The Bertz CT molecular complexity index is 1230. The van der Waals surface area contributed by atoms with Crippen molar-refractivity contribution in [1.82, 2.24) is 10.2 Å². The number of nitrogens with zero attached hydrogens (tertiary/aromatic N) is 3. The zero-order valence-corrected chi connectivity index (χ0v) is 20.4. The van der Waals surface area contributed by atoms with Crippen molar-refractivity contribution in [3.05, 3.63) is 64.2 Å². The number of carbonyl (C=O) groups excluding carboxylic acids is 3. The van der Waals surface area contributed by atoms with Crippen LogP contribution in [0.25, 0.3) is 0 Å². The third-order valence-electron chi connectivity index (χ3n) is 5.57. The number of carbonyl (C=O) groups is 3. The maximum atomic E-state index is 12.7. The van der Waals surface area contributed by atoms with E-state index in [1.54, 1.807) is 43.0 Å². The largest absolute Gasteiger partial charge is 0.326 e. The van der Waals surface area contributed by atoms with E-state index >= 15 is 0 Å². The lowest BCUT2D eigenvalue weighted by atomic mass is 10.1. The van der Waals surface area contributed by atoms with E-state index in [1.165, 1.54) is 11.3 Å². The molecule has 0 saturated carbocycles. The molecule has 0 bridgehead atoms. The number of hydrogen-bond acceptors (Lipinski definition) is 6. The van der Waals surface area contributed by atoms with Crippen molar-refractivity contribution in [1.29, 1.82) is 0 Å². The number of rotatable bonds is 6. The fourth-order valence-electron chi connectivity index (χ4n) is 3.87. The molecule has 1 saturated heterocycles. The van der Waals surface area contributed by atoms with Crippen molar-refractivity contribution < 1.29 is 14.4 Å². The molecule has 2 heterocycles. The first-order valence-electron chi connectivity index (χ1n) is 11.1. The van der Waals surface area contributed by atoms with Gasteiger partial charge in [0.2, 0.25) is 16.9 Å². The van der Waals surface area contributed by atoms with Crippen molar-refractivity contribution in [2.45, 2.75) is 40.0 Å². The number of benzene rings is 2. The van der Waals surface area contributed by atoms with E-state index in [-0.39, 0.29) is 29.6 Å². The van der Waals surface area contributed by atoms with E-state index in [0.29, 0.717) is 34.4 Å². The maximum absolute atomic E-state index is 12.7. The highest BCUT2D eigenvalue weighted by Crippen LogP contribution is 2.35. The van der Waals surface area contributed by atoms with Gasteiger partial charge in [-0.3, -0.25) is 19.7 Å². The molecule has 176 valence electrons. The van der Waals surface area contributed by atoms with Crippen LogP contribution in [-0.2, 0) is 9.59 Å². The van der Waals surface area contributed by atoms with E-state index in [1.807, 2.05) is 26.0 Å². The lowest BCUT2D eigenvalue weighted by Gasteiger charge is -2.17. The number of nitrogens with one attached hydrogen (secondary N) is 2. The van der Waals surface area contributed by atoms with Gasteiger partial charge in [-0.05, 0) is 55.3 Å². The van der Waals surface area contributed by atoms with Crippen LogP contribution >= 0.6 is 11.3 Å². The Morgan fingerprint density at radius 1 is 1.06 bits per heavy atom. The van der Waals surface area contributed by atoms with Crippen LogP contribution in [0.5, 0.6) is 0 Å².